The van der Waals surface area contributed by atoms with Crippen LogP contribution >= 0.6 is 23.5 Å². The quantitative estimate of drug-likeness (QED) is 0.621. The highest BCUT2D eigenvalue weighted by Gasteiger charge is 2.25. The third-order valence-corrected chi connectivity index (χ3v) is 6.03. The molecule has 0 radical (unpaired) electrons. The molecule has 1 aromatic rings. The molecule has 1 fully saturated rings. The van der Waals surface area contributed by atoms with Crippen molar-refractivity contribution in [2.24, 2.45) is 4.99 Å². The molecule has 0 bridgehead atoms. The second-order valence-electron chi connectivity index (χ2n) is 4.75. The molecule has 13 heteroatoms. The minimum absolute atomic E-state index is 0.0481. The monoisotopic (exact) mass is 429 g/mol. The van der Waals surface area contributed by atoms with Crippen LogP contribution in [0.4, 0.5) is 5.69 Å². The van der Waals surface area contributed by atoms with Crippen molar-refractivity contribution in [3.05, 3.63) is 17.7 Å². The van der Waals surface area contributed by atoms with Gasteiger partial charge in [-0.15, -0.1) is 0 Å². The standard InChI is InChI=1S/C12H15NO8S4/c1-2-3-8-4-5-9(13-12-22-6-7-23-12)11(21-25(17,18)19)10(8)20-24(14,15)16/h4-5H,2-3,6-7H2,1H3,(H,14,15,16)(H,17,18,19). The van der Waals surface area contributed by atoms with Crippen molar-refractivity contribution in [3.63, 3.8) is 0 Å². The minimum Gasteiger partial charge on any atom is -0.357 e. The lowest BCUT2D eigenvalue weighted by molar-refractivity contribution is 0.360. The maximum atomic E-state index is 11.2. The fourth-order valence-electron chi connectivity index (χ4n) is 1.99. The maximum absolute atomic E-state index is 11.2. The van der Waals surface area contributed by atoms with Crippen molar-refractivity contribution < 1.29 is 34.3 Å². The maximum Gasteiger partial charge on any atom is 0.446 e. The molecule has 0 atom stereocenters. The van der Waals surface area contributed by atoms with Crippen LogP contribution in [0.25, 0.3) is 0 Å². The van der Waals surface area contributed by atoms with Gasteiger partial charge in [-0.1, -0.05) is 42.9 Å². The van der Waals surface area contributed by atoms with Gasteiger partial charge in [0.25, 0.3) is 0 Å². The van der Waals surface area contributed by atoms with Crippen LogP contribution in [0, 0.1) is 0 Å². The van der Waals surface area contributed by atoms with E-state index in [1.807, 2.05) is 0 Å². The van der Waals surface area contributed by atoms with E-state index in [1.165, 1.54) is 35.7 Å². The lowest BCUT2D eigenvalue weighted by atomic mass is 10.1. The van der Waals surface area contributed by atoms with Crippen LogP contribution in [0.15, 0.2) is 17.1 Å². The van der Waals surface area contributed by atoms with Crippen LogP contribution in [0.3, 0.4) is 0 Å². The second kappa shape index (κ2) is 8.14. The molecule has 1 saturated heterocycles. The van der Waals surface area contributed by atoms with Gasteiger partial charge < -0.3 is 8.37 Å². The molecule has 1 aliphatic rings. The van der Waals surface area contributed by atoms with E-state index >= 15 is 0 Å². The Morgan fingerprint density at radius 3 is 2.12 bits per heavy atom. The molecule has 0 spiro atoms. The number of aryl methyl sites for hydroxylation is 1. The van der Waals surface area contributed by atoms with E-state index in [0.717, 1.165) is 11.5 Å². The van der Waals surface area contributed by atoms with Crippen LogP contribution < -0.4 is 8.37 Å². The van der Waals surface area contributed by atoms with Gasteiger partial charge in [-0.25, -0.2) is 4.99 Å². The van der Waals surface area contributed by atoms with Gasteiger partial charge in [0.2, 0.25) is 5.75 Å². The first kappa shape index (κ1) is 20.3. The number of thioether (sulfide) groups is 2. The predicted octanol–water partition coefficient (Wildman–Crippen LogP) is 2.47. The Morgan fingerprint density at radius 1 is 1.04 bits per heavy atom. The average Bonchev–Trinajstić information content (AvgIpc) is 2.95. The Labute approximate surface area is 154 Å². The molecule has 1 aliphatic heterocycles. The van der Waals surface area contributed by atoms with Crippen LogP contribution in [0.2, 0.25) is 0 Å². The van der Waals surface area contributed by atoms with Crippen molar-refractivity contribution in [2.75, 3.05) is 11.5 Å². The Morgan fingerprint density at radius 2 is 1.60 bits per heavy atom. The highest BCUT2D eigenvalue weighted by Crippen LogP contribution is 2.43. The summed E-state index contributed by atoms with van der Waals surface area (Å²) in [7, 11) is -9.94. The first-order valence-electron chi connectivity index (χ1n) is 6.93. The van der Waals surface area contributed by atoms with Crippen molar-refractivity contribution in [2.45, 2.75) is 19.8 Å². The summed E-state index contributed by atoms with van der Waals surface area (Å²) in [5.74, 6) is 0.504. The van der Waals surface area contributed by atoms with Crippen LogP contribution in [0.5, 0.6) is 11.5 Å². The minimum atomic E-state index is -4.98. The fraction of sp³-hybridized carbons (Fsp3) is 0.417. The molecule has 0 aromatic heterocycles. The van der Waals surface area contributed by atoms with Crippen LogP contribution in [-0.2, 0) is 27.2 Å². The van der Waals surface area contributed by atoms with E-state index in [4.69, 9.17) is 9.11 Å². The van der Waals surface area contributed by atoms with Crippen molar-refractivity contribution in [3.8, 4) is 11.5 Å². The first-order chi connectivity index (χ1) is 11.6. The number of hydrogen-bond acceptors (Lipinski definition) is 9. The van der Waals surface area contributed by atoms with E-state index in [9.17, 15) is 16.8 Å². The molecule has 25 heavy (non-hydrogen) atoms. The zero-order valence-electron chi connectivity index (χ0n) is 12.9. The average molecular weight is 430 g/mol. The molecule has 9 nitrogen and oxygen atoms in total. The number of nitrogens with zero attached hydrogens (tertiary/aromatic N) is 1. The molecule has 2 rings (SSSR count). The molecule has 140 valence electrons. The molecule has 2 N–H and O–H groups in total. The van der Waals surface area contributed by atoms with Gasteiger partial charge in [0.05, 0.1) is 0 Å². The molecule has 0 aliphatic carbocycles. The van der Waals surface area contributed by atoms with Gasteiger partial charge in [0.15, 0.2) is 5.75 Å². The SMILES string of the molecule is CCCc1ccc(N=C2SCCS2)c(OS(=O)(=O)O)c1OS(=O)(=O)O. The third kappa shape index (κ3) is 6.34. The highest BCUT2D eigenvalue weighted by atomic mass is 32.3. The smallest absolute Gasteiger partial charge is 0.357 e. The van der Waals surface area contributed by atoms with E-state index in [-0.39, 0.29) is 11.3 Å². The van der Waals surface area contributed by atoms with E-state index in [2.05, 4.69) is 13.4 Å². The predicted molar refractivity (Wildman–Crippen MR) is 96.8 cm³/mol. The molecular formula is C12H15NO8S4. The first-order valence-corrected chi connectivity index (χ1v) is 11.6. The summed E-state index contributed by atoms with van der Waals surface area (Å²) in [6.45, 7) is 1.81. The molecule has 1 heterocycles. The Hall–Kier alpha value is -0.990. The van der Waals surface area contributed by atoms with E-state index in [0.29, 0.717) is 17.2 Å². The second-order valence-corrected chi connectivity index (χ2v) is 9.22. The normalized spacial score (nSPS) is 15.2. The van der Waals surface area contributed by atoms with Gasteiger partial charge >= 0.3 is 20.8 Å². The Balaban J connectivity index is 2.66. The Kier molecular flexibility index (Phi) is 6.62. The summed E-state index contributed by atoms with van der Waals surface area (Å²) in [5.41, 5.74) is 0.225. The number of aliphatic imine (C=N–C) groups is 1. The van der Waals surface area contributed by atoms with Gasteiger partial charge in [-0.3, -0.25) is 9.11 Å². The third-order valence-electron chi connectivity index (χ3n) is 2.82. The molecule has 1 aromatic carbocycles. The summed E-state index contributed by atoms with van der Waals surface area (Å²) >= 11 is 2.87. The summed E-state index contributed by atoms with van der Waals surface area (Å²) in [4.78, 5) is 4.22. The van der Waals surface area contributed by atoms with E-state index in [1.54, 1.807) is 6.92 Å². The van der Waals surface area contributed by atoms with Gasteiger partial charge in [-0.2, -0.15) is 16.8 Å². The zero-order valence-corrected chi connectivity index (χ0v) is 16.2. The van der Waals surface area contributed by atoms with Gasteiger partial charge in [0.1, 0.15) is 10.1 Å². The van der Waals surface area contributed by atoms with Crippen molar-refractivity contribution in [1.29, 1.82) is 0 Å². The lowest BCUT2D eigenvalue weighted by Gasteiger charge is -2.14. The van der Waals surface area contributed by atoms with Crippen molar-refractivity contribution in [1.82, 2.24) is 0 Å². The largest absolute Gasteiger partial charge is 0.446 e. The molecule has 0 amide bonds. The topological polar surface area (TPSA) is 140 Å². The fourth-order valence-corrected chi connectivity index (χ4v) is 4.93. The highest BCUT2D eigenvalue weighted by molar-refractivity contribution is 8.41. The molecule has 0 saturated carbocycles. The van der Waals surface area contributed by atoms with Crippen molar-refractivity contribution >= 4 is 54.4 Å². The summed E-state index contributed by atoms with van der Waals surface area (Å²) in [5, 5.41) is 0. The summed E-state index contributed by atoms with van der Waals surface area (Å²) in [6.07, 6.45) is 0.889. The van der Waals surface area contributed by atoms with E-state index < -0.39 is 32.3 Å². The summed E-state index contributed by atoms with van der Waals surface area (Å²) < 4.78 is 72.3. The van der Waals surface area contributed by atoms with Gasteiger partial charge in [0, 0.05) is 17.1 Å². The van der Waals surface area contributed by atoms with Crippen LogP contribution in [-0.4, -0.2) is 41.8 Å². The lowest BCUT2D eigenvalue weighted by Crippen LogP contribution is -2.13. The van der Waals surface area contributed by atoms with Crippen LogP contribution in [0.1, 0.15) is 18.9 Å². The number of benzene rings is 1. The number of rotatable bonds is 7. The zero-order chi connectivity index (χ0) is 18.7. The molecular weight excluding hydrogens is 414 g/mol. The molecule has 0 unspecified atom stereocenters. The summed E-state index contributed by atoms with van der Waals surface area (Å²) in [6, 6.07) is 2.92. The number of hydrogen-bond donors (Lipinski definition) is 2. The Bertz CT molecular complexity index is 871. The van der Waals surface area contributed by atoms with Gasteiger partial charge in [-0.05, 0) is 12.5 Å².